The van der Waals surface area contributed by atoms with Crippen LogP contribution in [0.25, 0.3) is 0 Å². The average molecular weight is 468 g/mol. The molecule has 0 bridgehead atoms. The van der Waals surface area contributed by atoms with Gasteiger partial charge in [-0.25, -0.2) is 18.5 Å². The fraction of sp³-hybridized carbons (Fsp3) is 0.273. The van der Waals surface area contributed by atoms with Crippen LogP contribution >= 0.6 is 0 Å². The van der Waals surface area contributed by atoms with Gasteiger partial charge < -0.3 is 15.8 Å². The van der Waals surface area contributed by atoms with Gasteiger partial charge in [0.1, 0.15) is 5.84 Å². The van der Waals surface area contributed by atoms with Crippen molar-refractivity contribution in [2.45, 2.75) is 40.0 Å². The van der Waals surface area contributed by atoms with Crippen molar-refractivity contribution in [3.8, 4) is 5.75 Å². The number of ether oxygens (including phenoxy) is 1. The smallest absolute Gasteiger partial charge is 0.355 e. The number of halogens is 1. The van der Waals surface area contributed by atoms with E-state index in [1.165, 1.54) is 16.7 Å². The number of nitrogens with zero attached hydrogens (tertiary/aromatic N) is 5. The molecule has 0 fully saturated rings. The van der Waals surface area contributed by atoms with Crippen LogP contribution in [0, 0.1) is 18.3 Å². The van der Waals surface area contributed by atoms with Gasteiger partial charge in [0, 0.05) is 11.8 Å². The third-order valence-corrected chi connectivity index (χ3v) is 4.66. The zero-order valence-corrected chi connectivity index (χ0v) is 18.9. The molecule has 11 nitrogen and oxygen atoms in total. The number of benzene rings is 2. The van der Waals surface area contributed by atoms with Gasteiger partial charge in [0.05, 0.1) is 19.2 Å². The van der Waals surface area contributed by atoms with Crippen molar-refractivity contribution in [2.24, 2.45) is 16.1 Å². The average Bonchev–Trinajstić information content (AvgIpc) is 2.77. The number of aryl methyl sites for hydroxylation is 1. The summed E-state index contributed by atoms with van der Waals surface area (Å²) in [5.74, 6) is -0.816. The molecule has 0 saturated carbocycles. The van der Waals surface area contributed by atoms with Gasteiger partial charge in [0.15, 0.2) is 11.6 Å². The maximum Gasteiger partial charge on any atom is 0.355 e. The molecule has 12 heteroatoms. The highest BCUT2D eigenvalue weighted by molar-refractivity contribution is 5.79. The van der Waals surface area contributed by atoms with E-state index < -0.39 is 23.7 Å². The number of amidine groups is 1. The summed E-state index contributed by atoms with van der Waals surface area (Å²) in [6, 6.07) is 11.6. The quantitative estimate of drug-likeness (QED) is 0.190. The van der Waals surface area contributed by atoms with Crippen LogP contribution in [0.1, 0.15) is 25.0 Å². The van der Waals surface area contributed by atoms with Crippen molar-refractivity contribution in [1.82, 2.24) is 14.1 Å². The summed E-state index contributed by atoms with van der Waals surface area (Å²) in [6.45, 7) is 5.18. The first kappa shape index (κ1) is 24.3. The second-order valence-corrected chi connectivity index (χ2v) is 7.79. The van der Waals surface area contributed by atoms with Crippen LogP contribution in [0.4, 0.5) is 16.0 Å². The Labute approximate surface area is 194 Å². The number of hydrogen-bond acceptors (Lipinski definition) is 7. The standard InChI is InChI=1S/C22H25FN8O3/c1-13(2)34-18-9-8-16(10-17(18)23)26-20-27-21(32)31(12-19(24)28-29-25)22(33)30(20)11-15-6-4-14(3)5-7-15/h4-10,13H,11-12H2,1-3H3,(H3,24,25,28)(H,26,27,32). The van der Waals surface area contributed by atoms with Gasteiger partial charge in [-0.2, -0.15) is 10.5 Å². The minimum atomic E-state index is -0.893. The Morgan fingerprint density at radius 1 is 1.21 bits per heavy atom. The lowest BCUT2D eigenvalue weighted by molar-refractivity contribution is 0.231. The van der Waals surface area contributed by atoms with E-state index in [4.69, 9.17) is 16.0 Å². The van der Waals surface area contributed by atoms with E-state index in [2.05, 4.69) is 20.6 Å². The maximum atomic E-state index is 14.5. The number of hydrogen-bond donors (Lipinski definition) is 3. The van der Waals surface area contributed by atoms with Gasteiger partial charge in [0.2, 0.25) is 5.95 Å². The molecule has 0 spiro atoms. The SMILES string of the molecule is Cc1ccc(Cn2c(Nc3ccc(OC(C)C)c(F)c3)nc(=O)n(CC(N)=NN=N)c2=O)cc1. The second-order valence-electron chi connectivity index (χ2n) is 7.79. The Kier molecular flexibility index (Phi) is 7.51. The van der Waals surface area contributed by atoms with Gasteiger partial charge in [-0.3, -0.25) is 4.57 Å². The normalized spacial score (nSPS) is 11.5. The molecule has 4 N–H and O–H groups in total. The third kappa shape index (κ3) is 5.91. The molecule has 3 rings (SSSR count). The Morgan fingerprint density at radius 2 is 1.91 bits per heavy atom. The molecule has 1 aromatic heterocycles. The number of anilines is 2. The van der Waals surface area contributed by atoms with E-state index in [-0.39, 0.29) is 35.9 Å². The molecular formula is C22H25FN8O3. The Balaban J connectivity index is 2.06. The highest BCUT2D eigenvalue weighted by atomic mass is 19.1. The molecule has 1 heterocycles. The molecule has 0 atom stereocenters. The molecule has 0 aliphatic rings. The van der Waals surface area contributed by atoms with Gasteiger partial charge in [0.25, 0.3) is 0 Å². The summed E-state index contributed by atoms with van der Waals surface area (Å²) in [5, 5.41) is 8.99. The van der Waals surface area contributed by atoms with E-state index in [1.807, 2.05) is 31.2 Å². The van der Waals surface area contributed by atoms with Crippen molar-refractivity contribution >= 4 is 17.5 Å². The van der Waals surface area contributed by atoms with Crippen molar-refractivity contribution < 1.29 is 9.13 Å². The summed E-state index contributed by atoms with van der Waals surface area (Å²) in [7, 11) is 0. The zero-order valence-electron chi connectivity index (χ0n) is 18.9. The molecule has 3 aromatic rings. The predicted molar refractivity (Wildman–Crippen MR) is 125 cm³/mol. The van der Waals surface area contributed by atoms with Gasteiger partial charge >= 0.3 is 11.4 Å². The number of nitrogens with one attached hydrogen (secondary N) is 2. The van der Waals surface area contributed by atoms with Crippen molar-refractivity contribution in [3.05, 3.63) is 80.4 Å². The number of nitrogens with two attached hydrogens (primary N) is 1. The summed E-state index contributed by atoms with van der Waals surface area (Å²) in [5.41, 5.74) is 12.9. The van der Waals surface area contributed by atoms with E-state index in [9.17, 15) is 14.0 Å². The van der Waals surface area contributed by atoms with Crippen molar-refractivity contribution in [2.75, 3.05) is 5.32 Å². The van der Waals surface area contributed by atoms with Crippen LogP contribution in [0.3, 0.4) is 0 Å². The van der Waals surface area contributed by atoms with Crippen molar-refractivity contribution in [3.63, 3.8) is 0 Å². The monoisotopic (exact) mass is 468 g/mol. The Bertz CT molecular complexity index is 1330. The molecule has 2 aromatic carbocycles. The van der Waals surface area contributed by atoms with Crippen LogP contribution in [0.5, 0.6) is 5.75 Å². The van der Waals surface area contributed by atoms with E-state index >= 15 is 0 Å². The fourth-order valence-corrected chi connectivity index (χ4v) is 3.09. The van der Waals surface area contributed by atoms with Gasteiger partial charge in [-0.05, 0) is 38.5 Å². The molecule has 0 aliphatic carbocycles. The molecule has 178 valence electrons. The first-order valence-electron chi connectivity index (χ1n) is 10.4. The highest BCUT2D eigenvalue weighted by Gasteiger charge is 2.16. The summed E-state index contributed by atoms with van der Waals surface area (Å²) < 4.78 is 21.9. The minimum Gasteiger partial charge on any atom is -0.488 e. The molecule has 0 aliphatic heterocycles. The number of rotatable bonds is 9. The highest BCUT2D eigenvalue weighted by Crippen LogP contribution is 2.24. The van der Waals surface area contributed by atoms with E-state index in [0.29, 0.717) is 0 Å². The first-order valence-corrected chi connectivity index (χ1v) is 10.4. The topological polar surface area (TPSA) is 153 Å². The summed E-state index contributed by atoms with van der Waals surface area (Å²) in [6.07, 6.45) is -0.207. The summed E-state index contributed by atoms with van der Waals surface area (Å²) in [4.78, 5) is 29.8. The lowest BCUT2D eigenvalue weighted by Gasteiger charge is -2.16. The zero-order chi connectivity index (χ0) is 24.8. The van der Waals surface area contributed by atoms with Crippen molar-refractivity contribution in [1.29, 1.82) is 5.53 Å². The number of aromatic nitrogens is 3. The van der Waals surface area contributed by atoms with Crippen LogP contribution in [-0.4, -0.2) is 26.1 Å². The molecule has 0 amide bonds. The molecule has 0 radical (unpaired) electrons. The summed E-state index contributed by atoms with van der Waals surface area (Å²) >= 11 is 0. The largest absolute Gasteiger partial charge is 0.488 e. The minimum absolute atomic E-state index is 0.0750. The first-order chi connectivity index (χ1) is 16.2. The third-order valence-electron chi connectivity index (χ3n) is 4.66. The van der Waals surface area contributed by atoms with Crippen LogP contribution in [0.2, 0.25) is 0 Å². The fourth-order valence-electron chi connectivity index (χ4n) is 3.09. The predicted octanol–water partition coefficient (Wildman–Crippen LogP) is 2.73. The molecule has 34 heavy (non-hydrogen) atoms. The van der Waals surface area contributed by atoms with E-state index in [1.54, 1.807) is 19.9 Å². The maximum absolute atomic E-state index is 14.5. The molecular weight excluding hydrogens is 443 g/mol. The second kappa shape index (κ2) is 10.5. The lowest BCUT2D eigenvalue weighted by atomic mass is 10.1. The van der Waals surface area contributed by atoms with Gasteiger partial charge in [-0.1, -0.05) is 35.1 Å². The lowest BCUT2D eigenvalue weighted by Crippen LogP contribution is -2.45. The molecule has 0 saturated heterocycles. The Hall–Kier alpha value is -4.35. The van der Waals surface area contributed by atoms with Crippen LogP contribution in [0.15, 0.2) is 62.4 Å². The Morgan fingerprint density at radius 3 is 2.53 bits per heavy atom. The van der Waals surface area contributed by atoms with Gasteiger partial charge in [-0.15, -0.1) is 5.10 Å². The van der Waals surface area contributed by atoms with Crippen LogP contribution in [-0.2, 0) is 13.1 Å². The molecule has 0 unspecified atom stereocenters. The van der Waals surface area contributed by atoms with Crippen LogP contribution < -0.4 is 27.2 Å². The van der Waals surface area contributed by atoms with E-state index in [0.717, 1.165) is 15.7 Å².